The molecule has 2 saturated heterocycles. The number of rotatable bonds is 7. The summed E-state index contributed by atoms with van der Waals surface area (Å²) in [4.78, 5) is 15.5. The van der Waals surface area contributed by atoms with Gasteiger partial charge in [0.25, 0.3) is 10.2 Å². The first kappa shape index (κ1) is 22.0. The van der Waals surface area contributed by atoms with Crippen molar-refractivity contribution in [1.82, 2.24) is 18.8 Å². The molecule has 3 rings (SSSR count). The molecule has 0 aliphatic carbocycles. The molecular formula is C18H30N4O6S. The number of morpholine rings is 1. The lowest BCUT2D eigenvalue weighted by atomic mass is 10.2. The highest BCUT2D eigenvalue weighted by Gasteiger charge is 2.32. The molecule has 1 N–H and O–H groups in total. The molecule has 0 spiro atoms. The van der Waals surface area contributed by atoms with Crippen molar-refractivity contribution in [3.05, 3.63) is 23.7 Å². The van der Waals surface area contributed by atoms with Crippen molar-refractivity contribution < 1.29 is 27.1 Å². The minimum absolute atomic E-state index is 0.202. The number of nitrogens with one attached hydrogen (secondary N) is 1. The van der Waals surface area contributed by atoms with E-state index in [0.717, 1.165) is 11.5 Å². The molecule has 10 nitrogen and oxygen atoms in total. The predicted octanol–water partition coefficient (Wildman–Crippen LogP) is 0.570. The summed E-state index contributed by atoms with van der Waals surface area (Å²) in [6.45, 7) is 7.84. The van der Waals surface area contributed by atoms with Crippen LogP contribution < -0.4 is 4.72 Å². The second kappa shape index (κ2) is 9.90. The second-order valence-electron chi connectivity index (χ2n) is 7.05. The van der Waals surface area contributed by atoms with Crippen LogP contribution in [-0.4, -0.2) is 94.3 Å². The molecule has 0 saturated carbocycles. The van der Waals surface area contributed by atoms with E-state index in [1.165, 1.54) is 9.21 Å². The number of hydrogen-bond donors (Lipinski definition) is 1. The smallest absolute Gasteiger partial charge is 0.409 e. The Labute approximate surface area is 171 Å². The molecule has 11 heteroatoms. The number of piperazine rings is 1. The zero-order valence-corrected chi connectivity index (χ0v) is 17.8. The van der Waals surface area contributed by atoms with Crippen molar-refractivity contribution in [2.24, 2.45) is 0 Å². The summed E-state index contributed by atoms with van der Waals surface area (Å²) in [5.41, 5.74) is 0. The Morgan fingerprint density at radius 3 is 2.45 bits per heavy atom. The van der Waals surface area contributed by atoms with E-state index in [1.54, 1.807) is 6.92 Å². The van der Waals surface area contributed by atoms with Crippen LogP contribution in [-0.2, 0) is 19.7 Å². The first-order chi connectivity index (χ1) is 13.9. The Balaban J connectivity index is 1.60. The van der Waals surface area contributed by atoms with Crippen LogP contribution in [0.15, 0.2) is 16.5 Å². The number of aryl methyl sites for hydroxylation is 1. The maximum atomic E-state index is 12.8. The van der Waals surface area contributed by atoms with Crippen molar-refractivity contribution in [1.29, 1.82) is 0 Å². The molecule has 1 amide bonds. The van der Waals surface area contributed by atoms with E-state index < -0.39 is 16.3 Å². The van der Waals surface area contributed by atoms with Gasteiger partial charge in [0.1, 0.15) is 11.5 Å². The van der Waals surface area contributed by atoms with Gasteiger partial charge < -0.3 is 18.8 Å². The van der Waals surface area contributed by atoms with Crippen LogP contribution in [0.2, 0.25) is 0 Å². The highest BCUT2D eigenvalue weighted by molar-refractivity contribution is 7.87. The van der Waals surface area contributed by atoms with Gasteiger partial charge in [-0.05, 0) is 26.0 Å². The maximum absolute atomic E-state index is 12.8. The molecule has 164 valence electrons. The molecule has 1 unspecified atom stereocenters. The minimum atomic E-state index is -3.67. The summed E-state index contributed by atoms with van der Waals surface area (Å²) in [6.07, 6.45) is -0.405. The lowest BCUT2D eigenvalue weighted by Crippen LogP contribution is -2.54. The van der Waals surface area contributed by atoms with Gasteiger partial charge in [0.2, 0.25) is 0 Å². The van der Waals surface area contributed by atoms with Crippen LogP contribution in [0, 0.1) is 6.92 Å². The number of carbonyl (C=O) groups excluding carboxylic acids is 1. The number of hydrogen-bond acceptors (Lipinski definition) is 7. The standard InChI is InChI=1S/C18H30N4O6S/c1-3-27-18(23)21-6-8-22(9-7-21)29(24,25)19-14-16(17-5-4-15(2)28-17)20-10-12-26-13-11-20/h4-5,16,19H,3,6-14H2,1-2H3. The van der Waals surface area contributed by atoms with E-state index in [2.05, 4.69) is 9.62 Å². The van der Waals surface area contributed by atoms with E-state index in [1.807, 2.05) is 19.1 Å². The molecule has 1 aromatic rings. The Kier molecular flexibility index (Phi) is 7.52. The number of nitrogens with zero attached hydrogens (tertiary/aromatic N) is 3. The number of amides is 1. The fraction of sp³-hybridized carbons (Fsp3) is 0.722. The van der Waals surface area contributed by atoms with Crippen molar-refractivity contribution in [2.45, 2.75) is 19.9 Å². The molecular weight excluding hydrogens is 400 g/mol. The largest absolute Gasteiger partial charge is 0.465 e. The van der Waals surface area contributed by atoms with Gasteiger partial charge in [0.05, 0.1) is 25.9 Å². The molecule has 2 aliphatic heterocycles. The number of carbonyl (C=O) groups is 1. The predicted molar refractivity (Wildman–Crippen MR) is 106 cm³/mol. The van der Waals surface area contributed by atoms with Crippen LogP contribution in [0.3, 0.4) is 0 Å². The zero-order valence-electron chi connectivity index (χ0n) is 17.0. The Morgan fingerprint density at radius 1 is 1.17 bits per heavy atom. The van der Waals surface area contributed by atoms with Crippen molar-refractivity contribution in [3.63, 3.8) is 0 Å². The SMILES string of the molecule is CCOC(=O)N1CCN(S(=O)(=O)NCC(c2ccc(C)o2)N2CCOCC2)CC1. The Morgan fingerprint density at radius 2 is 1.86 bits per heavy atom. The van der Waals surface area contributed by atoms with Gasteiger partial charge in [-0.3, -0.25) is 4.90 Å². The van der Waals surface area contributed by atoms with Gasteiger partial charge in [-0.25, -0.2) is 9.52 Å². The fourth-order valence-corrected chi connectivity index (χ4v) is 4.73. The quantitative estimate of drug-likeness (QED) is 0.674. The fourth-order valence-electron chi connectivity index (χ4n) is 3.53. The maximum Gasteiger partial charge on any atom is 0.409 e. The van der Waals surface area contributed by atoms with Crippen LogP contribution >= 0.6 is 0 Å². The average Bonchev–Trinajstić information content (AvgIpc) is 3.15. The number of ether oxygens (including phenoxy) is 2. The summed E-state index contributed by atoms with van der Waals surface area (Å²) in [5, 5.41) is 0. The summed E-state index contributed by atoms with van der Waals surface area (Å²) >= 11 is 0. The molecule has 2 fully saturated rings. The van der Waals surface area contributed by atoms with Crippen LogP contribution in [0.5, 0.6) is 0 Å². The molecule has 0 aromatic carbocycles. The summed E-state index contributed by atoms with van der Waals surface area (Å²) in [6, 6.07) is 3.57. The summed E-state index contributed by atoms with van der Waals surface area (Å²) in [5.74, 6) is 1.52. The van der Waals surface area contributed by atoms with Crippen molar-refractivity contribution >= 4 is 16.3 Å². The van der Waals surface area contributed by atoms with E-state index in [-0.39, 0.29) is 25.7 Å². The molecule has 1 atom stereocenters. The van der Waals surface area contributed by atoms with Gasteiger partial charge in [-0.15, -0.1) is 0 Å². The van der Waals surface area contributed by atoms with Crippen molar-refractivity contribution in [3.8, 4) is 0 Å². The third-order valence-corrected chi connectivity index (χ3v) is 6.72. The molecule has 0 radical (unpaired) electrons. The summed E-state index contributed by atoms with van der Waals surface area (Å²) < 4.78 is 45.9. The molecule has 0 bridgehead atoms. The minimum Gasteiger partial charge on any atom is -0.465 e. The highest BCUT2D eigenvalue weighted by Crippen LogP contribution is 2.24. The molecule has 1 aromatic heterocycles. The molecule has 3 heterocycles. The van der Waals surface area contributed by atoms with E-state index in [4.69, 9.17) is 13.9 Å². The summed E-state index contributed by atoms with van der Waals surface area (Å²) in [7, 11) is -3.67. The first-order valence-electron chi connectivity index (χ1n) is 9.95. The van der Waals surface area contributed by atoms with E-state index in [0.29, 0.717) is 46.0 Å². The molecule has 29 heavy (non-hydrogen) atoms. The average molecular weight is 431 g/mol. The van der Waals surface area contributed by atoms with Crippen molar-refractivity contribution in [2.75, 3.05) is 65.6 Å². The van der Waals surface area contributed by atoms with E-state index in [9.17, 15) is 13.2 Å². The topological polar surface area (TPSA) is 105 Å². The van der Waals surface area contributed by atoms with E-state index >= 15 is 0 Å². The second-order valence-corrected chi connectivity index (χ2v) is 8.81. The Hall–Kier alpha value is -1.66. The zero-order chi connectivity index (χ0) is 20.9. The third kappa shape index (κ3) is 5.70. The highest BCUT2D eigenvalue weighted by atomic mass is 32.2. The lowest BCUT2D eigenvalue weighted by Gasteiger charge is -2.35. The van der Waals surface area contributed by atoms with Gasteiger partial charge in [-0.2, -0.15) is 12.7 Å². The van der Waals surface area contributed by atoms with Gasteiger partial charge >= 0.3 is 6.09 Å². The monoisotopic (exact) mass is 430 g/mol. The van der Waals surface area contributed by atoms with Gasteiger partial charge in [0.15, 0.2) is 0 Å². The van der Waals surface area contributed by atoms with Crippen LogP contribution in [0.1, 0.15) is 24.5 Å². The van der Waals surface area contributed by atoms with Gasteiger partial charge in [-0.1, -0.05) is 0 Å². The molecule has 2 aliphatic rings. The van der Waals surface area contributed by atoms with Gasteiger partial charge in [0, 0.05) is 45.8 Å². The number of furan rings is 1. The Bertz CT molecular complexity index is 769. The van der Waals surface area contributed by atoms with Crippen LogP contribution in [0.25, 0.3) is 0 Å². The van der Waals surface area contributed by atoms with Crippen LogP contribution in [0.4, 0.5) is 4.79 Å². The third-order valence-electron chi connectivity index (χ3n) is 5.14. The first-order valence-corrected chi connectivity index (χ1v) is 11.4. The normalized spacial score (nSPS) is 20.6. The lowest BCUT2D eigenvalue weighted by molar-refractivity contribution is 0.0126.